The molecule has 0 aliphatic carbocycles. The largest absolute Gasteiger partial charge is 0.259 e. The van der Waals surface area contributed by atoms with Gasteiger partial charge in [-0.3, -0.25) is 4.21 Å². The lowest BCUT2D eigenvalue weighted by Crippen LogP contribution is -1.93. The van der Waals surface area contributed by atoms with E-state index in [1.807, 2.05) is 6.92 Å². The zero-order valence-corrected chi connectivity index (χ0v) is 7.46. The Balaban J connectivity index is 2.67. The lowest BCUT2D eigenvalue weighted by atomic mass is 10.7. The molecule has 56 valence electrons. The van der Waals surface area contributed by atoms with Crippen LogP contribution in [-0.2, 0) is 16.6 Å². The van der Waals surface area contributed by atoms with E-state index in [1.54, 1.807) is 6.26 Å². The quantitative estimate of drug-likeness (QED) is 0.667. The van der Waals surface area contributed by atoms with E-state index in [2.05, 4.69) is 9.36 Å². The van der Waals surface area contributed by atoms with Crippen molar-refractivity contribution in [2.24, 2.45) is 0 Å². The van der Waals surface area contributed by atoms with Crippen molar-refractivity contribution in [2.45, 2.75) is 12.7 Å². The standard InChI is InChI=1S/C5H8N2OS2/c1-4-6-5(7-9-4)3-10(2)8/h3H2,1-2H3. The van der Waals surface area contributed by atoms with Gasteiger partial charge >= 0.3 is 0 Å². The molecule has 1 heterocycles. The van der Waals surface area contributed by atoms with Crippen LogP contribution in [0.25, 0.3) is 0 Å². The van der Waals surface area contributed by atoms with Crippen LogP contribution in [0.3, 0.4) is 0 Å². The van der Waals surface area contributed by atoms with Gasteiger partial charge < -0.3 is 0 Å². The maximum Gasteiger partial charge on any atom is 0.155 e. The number of rotatable bonds is 2. The van der Waals surface area contributed by atoms with Gasteiger partial charge in [0.2, 0.25) is 0 Å². The molecule has 0 N–H and O–H groups in total. The second kappa shape index (κ2) is 3.21. The summed E-state index contributed by atoms with van der Waals surface area (Å²) in [6, 6.07) is 0. The van der Waals surface area contributed by atoms with Crippen LogP contribution in [0.5, 0.6) is 0 Å². The predicted molar refractivity (Wildman–Crippen MR) is 42.4 cm³/mol. The maximum absolute atomic E-state index is 10.7. The Morgan fingerprint density at radius 2 is 2.40 bits per heavy atom. The van der Waals surface area contributed by atoms with Crippen LogP contribution in [0.4, 0.5) is 0 Å². The predicted octanol–water partition coefficient (Wildman–Crippen LogP) is 0.725. The Labute approximate surface area is 66.1 Å². The molecule has 1 aromatic heterocycles. The van der Waals surface area contributed by atoms with E-state index >= 15 is 0 Å². The maximum atomic E-state index is 10.7. The molecule has 1 rings (SSSR count). The minimum absolute atomic E-state index is 0.477. The summed E-state index contributed by atoms with van der Waals surface area (Å²) in [5.74, 6) is 1.17. The molecule has 1 atom stereocenters. The topological polar surface area (TPSA) is 42.9 Å². The molecule has 0 aromatic carbocycles. The second-order valence-corrected chi connectivity index (χ2v) is 4.34. The monoisotopic (exact) mass is 176 g/mol. The molecule has 0 bridgehead atoms. The molecular weight excluding hydrogens is 168 g/mol. The number of hydrogen-bond acceptors (Lipinski definition) is 4. The zero-order valence-electron chi connectivity index (χ0n) is 5.83. The van der Waals surface area contributed by atoms with E-state index in [4.69, 9.17) is 0 Å². The Morgan fingerprint density at radius 1 is 1.70 bits per heavy atom. The van der Waals surface area contributed by atoms with E-state index in [1.165, 1.54) is 11.5 Å². The lowest BCUT2D eigenvalue weighted by molar-refractivity contribution is 0.685. The Hall–Kier alpha value is -0.290. The van der Waals surface area contributed by atoms with Gasteiger partial charge in [0.05, 0.1) is 5.75 Å². The van der Waals surface area contributed by atoms with Crippen LogP contribution < -0.4 is 0 Å². The fourth-order valence-electron chi connectivity index (χ4n) is 0.582. The smallest absolute Gasteiger partial charge is 0.155 e. The van der Waals surface area contributed by atoms with Gasteiger partial charge in [-0.2, -0.15) is 4.37 Å². The lowest BCUT2D eigenvalue weighted by Gasteiger charge is -1.85. The highest BCUT2D eigenvalue weighted by Gasteiger charge is 2.00. The summed E-state index contributed by atoms with van der Waals surface area (Å²) < 4.78 is 14.7. The highest BCUT2D eigenvalue weighted by molar-refractivity contribution is 7.83. The first-order valence-corrected chi connectivity index (χ1v) is 5.28. The normalized spacial score (nSPS) is 13.4. The van der Waals surface area contributed by atoms with Crippen molar-refractivity contribution in [1.29, 1.82) is 0 Å². The molecule has 5 heteroatoms. The third kappa shape index (κ3) is 2.15. The molecule has 1 unspecified atom stereocenters. The van der Waals surface area contributed by atoms with Crippen molar-refractivity contribution in [3.8, 4) is 0 Å². The number of aromatic nitrogens is 2. The molecule has 3 nitrogen and oxygen atoms in total. The molecule has 0 amide bonds. The molecule has 0 aliphatic heterocycles. The van der Waals surface area contributed by atoms with Crippen molar-refractivity contribution < 1.29 is 4.21 Å². The van der Waals surface area contributed by atoms with Gasteiger partial charge in [-0.15, -0.1) is 0 Å². The molecule has 0 saturated heterocycles. The van der Waals surface area contributed by atoms with Crippen molar-refractivity contribution in [3.63, 3.8) is 0 Å². The molecule has 0 aliphatic rings. The average molecular weight is 176 g/mol. The Kier molecular flexibility index (Phi) is 2.50. The number of aryl methyl sites for hydroxylation is 1. The summed E-state index contributed by atoms with van der Waals surface area (Å²) >= 11 is 1.35. The molecule has 1 aromatic rings. The average Bonchev–Trinajstić information content (AvgIpc) is 2.13. The van der Waals surface area contributed by atoms with Crippen molar-refractivity contribution in [3.05, 3.63) is 10.8 Å². The molecular formula is C5H8N2OS2. The van der Waals surface area contributed by atoms with E-state index in [0.717, 1.165) is 5.01 Å². The van der Waals surface area contributed by atoms with Gasteiger partial charge in [-0.1, -0.05) is 0 Å². The summed E-state index contributed by atoms with van der Waals surface area (Å²) in [6.45, 7) is 1.89. The summed E-state index contributed by atoms with van der Waals surface area (Å²) in [5, 5.41) is 0.931. The fraction of sp³-hybridized carbons (Fsp3) is 0.600. The van der Waals surface area contributed by atoms with Gasteiger partial charge in [0.25, 0.3) is 0 Å². The SMILES string of the molecule is Cc1nc(CS(C)=O)ns1. The highest BCUT2D eigenvalue weighted by atomic mass is 32.2. The number of hydrogen-bond donors (Lipinski definition) is 0. The van der Waals surface area contributed by atoms with Gasteiger partial charge in [-0.25, -0.2) is 4.98 Å². The summed E-state index contributed by atoms with van der Waals surface area (Å²) in [7, 11) is -0.822. The third-order valence-electron chi connectivity index (χ3n) is 0.902. The first-order valence-electron chi connectivity index (χ1n) is 2.77. The first-order chi connectivity index (χ1) is 4.68. The van der Waals surface area contributed by atoms with E-state index in [-0.39, 0.29) is 0 Å². The minimum Gasteiger partial charge on any atom is -0.259 e. The van der Waals surface area contributed by atoms with E-state index < -0.39 is 10.8 Å². The molecule has 0 saturated carbocycles. The van der Waals surface area contributed by atoms with E-state index in [0.29, 0.717) is 11.6 Å². The van der Waals surface area contributed by atoms with Gasteiger partial charge in [-0.05, 0) is 18.5 Å². The van der Waals surface area contributed by atoms with Crippen molar-refractivity contribution in [2.75, 3.05) is 6.26 Å². The van der Waals surface area contributed by atoms with Crippen LogP contribution in [-0.4, -0.2) is 19.8 Å². The summed E-state index contributed by atoms with van der Waals surface area (Å²) in [4.78, 5) is 4.07. The Morgan fingerprint density at radius 3 is 2.80 bits per heavy atom. The molecule has 10 heavy (non-hydrogen) atoms. The molecule has 0 spiro atoms. The van der Waals surface area contributed by atoms with Crippen LogP contribution in [0, 0.1) is 6.92 Å². The van der Waals surface area contributed by atoms with Crippen LogP contribution in [0.1, 0.15) is 10.8 Å². The van der Waals surface area contributed by atoms with Crippen LogP contribution in [0.15, 0.2) is 0 Å². The molecule has 0 radical (unpaired) electrons. The summed E-state index contributed by atoms with van der Waals surface area (Å²) in [6.07, 6.45) is 1.65. The van der Waals surface area contributed by atoms with Crippen molar-refractivity contribution in [1.82, 2.24) is 9.36 Å². The first kappa shape index (κ1) is 7.81. The van der Waals surface area contributed by atoms with Gasteiger partial charge in [0.1, 0.15) is 5.01 Å². The third-order valence-corrected chi connectivity index (χ3v) is 2.22. The van der Waals surface area contributed by atoms with Gasteiger partial charge in [0, 0.05) is 17.1 Å². The van der Waals surface area contributed by atoms with Gasteiger partial charge in [0.15, 0.2) is 5.82 Å². The van der Waals surface area contributed by atoms with Crippen LogP contribution in [0.2, 0.25) is 0 Å². The summed E-state index contributed by atoms with van der Waals surface area (Å²) in [5.41, 5.74) is 0. The molecule has 0 fully saturated rings. The fourth-order valence-corrected chi connectivity index (χ4v) is 1.65. The second-order valence-electron chi connectivity index (χ2n) is 1.95. The van der Waals surface area contributed by atoms with Crippen LogP contribution >= 0.6 is 11.5 Å². The number of nitrogens with zero attached hydrogens (tertiary/aromatic N) is 2. The highest BCUT2D eigenvalue weighted by Crippen LogP contribution is 2.03. The Bertz CT molecular complexity index is 246. The van der Waals surface area contributed by atoms with Crippen molar-refractivity contribution >= 4 is 22.3 Å². The van der Waals surface area contributed by atoms with E-state index in [9.17, 15) is 4.21 Å². The minimum atomic E-state index is -0.822. The zero-order chi connectivity index (χ0) is 7.56.